The molecule has 1 aromatic rings. The summed E-state index contributed by atoms with van der Waals surface area (Å²) in [5.41, 5.74) is 6.84. The number of halogens is 1. The Bertz CT molecular complexity index is 507. The van der Waals surface area contributed by atoms with Gasteiger partial charge < -0.3 is 20.7 Å². The van der Waals surface area contributed by atoms with Crippen molar-refractivity contribution in [3.63, 3.8) is 0 Å². The highest BCUT2D eigenvalue weighted by molar-refractivity contribution is 5.87. The molecular weight excluding hydrogens is 261 g/mol. The van der Waals surface area contributed by atoms with Gasteiger partial charge in [-0.05, 0) is 13.3 Å². The van der Waals surface area contributed by atoms with Crippen LogP contribution < -0.4 is 20.7 Å². The van der Waals surface area contributed by atoms with Crippen molar-refractivity contribution >= 4 is 17.3 Å². The van der Waals surface area contributed by atoms with E-state index in [9.17, 15) is 9.18 Å². The number of nitrogens with zero attached hydrogens (tertiary/aromatic N) is 1. The van der Waals surface area contributed by atoms with Crippen LogP contribution in [0.15, 0.2) is 12.1 Å². The number of hydrogen-bond donors (Lipinski definition) is 2. The van der Waals surface area contributed by atoms with Gasteiger partial charge in [-0.1, -0.05) is 6.92 Å². The first-order chi connectivity index (χ1) is 9.54. The van der Waals surface area contributed by atoms with Crippen molar-refractivity contribution in [2.45, 2.75) is 26.3 Å². The molecule has 1 atom stereocenters. The molecule has 1 unspecified atom stereocenters. The van der Waals surface area contributed by atoms with Crippen LogP contribution in [0, 0.1) is 5.82 Å². The quantitative estimate of drug-likeness (QED) is 0.821. The lowest BCUT2D eigenvalue weighted by molar-refractivity contribution is -0.122. The standard InChI is InChI=1S/C14H20FN3O2/c1-3-6-20-13-8-12(11(16)7-10(13)15)18-5-4-17-14(19)9(18)2/h7-9H,3-6,16H2,1-2H3,(H,17,19). The highest BCUT2D eigenvalue weighted by Gasteiger charge is 2.27. The van der Waals surface area contributed by atoms with Gasteiger partial charge in [0.15, 0.2) is 11.6 Å². The zero-order chi connectivity index (χ0) is 14.7. The van der Waals surface area contributed by atoms with Gasteiger partial charge in [-0.25, -0.2) is 4.39 Å². The van der Waals surface area contributed by atoms with Crippen molar-refractivity contribution in [3.05, 3.63) is 17.9 Å². The van der Waals surface area contributed by atoms with Crippen molar-refractivity contribution in [1.29, 1.82) is 0 Å². The van der Waals surface area contributed by atoms with Gasteiger partial charge in [-0.2, -0.15) is 0 Å². The number of nitrogens with one attached hydrogen (secondary N) is 1. The Labute approximate surface area is 117 Å². The fourth-order valence-corrected chi connectivity index (χ4v) is 2.24. The summed E-state index contributed by atoms with van der Waals surface area (Å²) in [6, 6.07) is 2.49. The lowest BCUT2D eigenvalue weighted by atomic mass is 10.1. The first kappa shape index (κ1) is 14.4. The summed E-state index contributed by atoms with van der Waals surface area (Å²) in [5.74, 6) is -0.362. The number of anilines is 2. The van der Waals surface area contributed by atoms with E-state index in [2.05, 4.69) is 5.32 Å². The van der Waals surface area contributed by atoms with E-state index in [4.69, 9.17) is 10.5 Å². The van der Waals surface area contributed by atoms with E-state index in [0.717, 1.165) is 6.42 Å². The lowest BCUT2D eigenvalue weighted by Crippen LogP contribution is -2.54. The molecule has 20 heavy (non-hydrogen) atoms. The lowest BCUT2D eigenvalue weighted by Gasteiger charge is -2.35. The number of ether oxygens (including phenoxy) is 1. The van der Waals surface area contributed by atoms with Gasteiger partial charge in [0, 0.05) is 25.2 Å². The molecule has 0 bridgehead atoms. The number of carbonyl (C=O) groups excluding carboxylic acids is 1. The van der Waals surface area contributed by atoms with Gasteiger partial charge in [-0.3, -0.25) is 4.79 Å². The van der Waals surface area contributed by atoms with Gasteiger partial charge in [0.05, 0.1) is 18.0 Å². The predicted molar refractivity (Wildman–Crippen MR) is 76.4 cm³/mol. The van der Waals surface area contributed by atoms with Gasteiger partial charge in [0.2, 0.25) is 5.91 Å². The van der Waals surface area contributed by atoms with Gasteiger partial charge in [-0.15, -0.1) is 0 Å². The summed E-state index contributed by atoms with van der Waals surface area (Å²) < 4.78 is 19.2. The topological polar surface area (TPSA) is 67.6 Å². The van der Waals surface area contributed by atoms with E-state index in [1.807, 2.05) is 11.8 Å². The molecule has 1 amide bonds. The van der Waals surface area contributed by atoms with Crippen LogP contribution in [0.5, 0.6) is 5.75 Å². The van der Waals surface area contributed by atoms with Crippen LogP contribution in [0.25, 0.3) is 0 Å². The molecule has 110 valence electrons. The number of hydrogen-bond acceptors (Lipinski definition) is 4. The van der Waals surface area contributed by atoms with Crippen molar-refractivity contribution < 1.29 is 13.9 Å². The van der Waals surface area contributed by atoms with E-state index in [1.54, 1.807) is 13.0 Å². The highest BCUT2D eigenvalue weighted by Crippen LogP contribution is 2.32. The van der Waals surface area contributed by atoms with Crippen LogP contribution in [0.4, 0.5) is 15.8 Å². The van der Waals surface area contributed by atoms with Crippen LogP contribution in [0.3, 0.4) is 0 Å². The zero-order valence-corrected chi connectivity index (χ0v) is 11.8. The Kier molecular flexibility index (Phi) is 4.32. The van der Waals surface area contributed by atoms with E-state index in [0.29, 0.717) is 31.1 Å². The third kappa shape index (κ3) is 2.79. The number of carbonyl (C=O) groups is 1. The van der Waals surface area contributed by atoms with E-state index in [-0.39, 0.29) is 17.7 Å². The first-order valence-corrected chi connectivity index (χ1v) is 6.80. The highest BCUT2D eigenvalue weighted by atomic mass is 19.1. The maximum atomic E-state index is 13.8. The summed E-state index contributed by atoms with van der Waals surface area (Å²) in [7, 11) is 0. The monoisotopic (exact) mass is 281 g/mol. The molecule has 1 aliphatic rings. The molecule has 3 N–H and O–H groups in total. The number of nitrogens with two attached hydrogens (primary N) is 1. The van der Waals surface area contributed by atoms with Crippen LogP contribution in [-0.4, -0.2) is 31.6 Å². The average Bonchev–Trinajstić information content (AvgIpc) is 2.41. The van der Waals surface area contributed by atoms with Crippen molar-refractivity contribution in [1.82, 2.24) is 5.32 Å². The maximum absolute atomic E-state index is 13.8. The molecule has 1 saturated heterocycles. The first-order valence-electron chi connectivity index (χ1n) is 6.80. The largest absolute Gasteiger partial charge is 0.490 e. The summed E-state index contributed by atoms with van der Waals surface area (Å²) in [4.78, 5) is 13.6. The summed E-state index contributed by atoms with van der Waals surface area (Å²) in [6.07, 6.45) is 0.793. The fourth-order valence-electron chi connectivity index (χ4n) is 2.24. The predicted octanol–water partition coefficient (Wildman–Crippen LogP) is 1.52. The smallest absolute Gasteiger partial charge is 0.242 e. The summed E-state index contributed by atoms with van der Waals surface area (Å²) in [5, 5.41) is 2.78. The molecule has 0 aromatic heterocycles. The van der Waals surface area contributed by atoms with E-state index >= 15 is 0 Å². The molecule has 1 aliphatic heterocycles. The molecule has 0 saturated carbocycles. The van der Waals surface area contributed by atoms with Crippen LogP contribution in [0.1, 0.15) is 20.3 Å². The molecule has 0 aliphatic carbocycles. The van der Waals surface area contributed by atoms with Crippen LogP contribution in [-0.2, 0) is 4.79 Å². The second kappa shape index (κ2) is 5.98. The van der Waals surface area contributed by atoms with E-state index < -0.39 is 5.82 Å². The summed E-state index contributed by atoms with van der Waals surface area (Å²) in [6.45, 7) is 5.37. The molecule has 2 rings (SSSR count). The van der Waals surface area contributed by atoms with Gasteiger partial charge >= 0.3 is 0 Å². The molecular formula is C14H20FN3O2. The van der Waals surface area contributed by atoms with Crippen LogP contribution >= 0.6 is 0 Å². The molecule has 0 radical (unpaired) electrons. The summed E-state index contributed by atoms with van der Waals surface area (Å²) >= 11 is 0. The van der Waals surface area contributed by atoms with Gasteiger partial charge in [0.25, 0.3) is 0 Å². The minimum atomic E-state index is -0.478. The van der Waals surface area contributed by atoms with Gasteiger partial charge in [0.1, 0.15) is 6.04 Å². The van der Waals surface area contributed by atoms with E-state index in [1.165, 1.54) is 6.07 Å². The molecule has 6 heteroatoms. The number of benzene rings is 1. The van der Waals surface area contributed by atoms with Crippen molar-refractivity contribution in [2.24, 2.45) is 0 Å². The molecule has 5 nitrogen and oxygen atoms in total. The Balaban J connectivity index is 2.32. The fraction of sp³-hybridized carbons (Fsp3) is 0.500. The number of piperazine rings is 1. The Morgan fingerprint density at radius 2 is 2.30 bits per heavy atom. The Hall–Kier alpha value is -1.98. The second-order valence-corrected chi connectivity index (χ2v) is 4.85. The number of rotatable bonds is 4. The maximum Gasteiger partial charge on any atom is 0.242 e. The Morgan fingerprint density at radius 3 is 3.00 bits per heavy atom. The zero-order valence-electron chi connectivity index (χ0n) is 11.8. The molecule has 1 heterocycles. The second-order valence-electron chi connectivity index (χ2n) is 4.85. The molecule has 1 fully saturated rings. The number of nitrogen functional groups attached to an aromatic ring is 1. The van der Waals surface area contributed by atoms with Crippen molar-refractivity contribution in [3.8, 4) is 5.75 Å². The van der Waals surface area contributed by atoms with Crippen molar-refractivity contribution in [2.75, 3.05) is 30.3 Å². The molecule has 0 spiro atoms. The average molecular weight is 281 g/mol. The minimum absolute atomic E-state index is 0.0593. The third-order valence-corrected chi connectivity index (χ3v) is 3.35. The minimum Gasteiger partial charge on any atom is -0.490 e. The van der Waals surface area contributed by atoms with Crippen LogP contribution in [0.2, 0.25) is 0 Å². The Morgan fingerprint density at radius 1 is 1.55 bits per heavy atom. The SMILES string of the molecule is CCCOc1cc(N2CCNC(=O)C2C)c(N)cc1F. The number of amides is 1. The molecule has 1 aromatic carbocycles. The normalized spacial score (nSPS) is 18.9. The third-order valence-electron chi connectivity index (χ3n) is 3.35.